The van der Waals surface area contributed by atoms with Gasteiger partial charge in [0.2, 0.25) is 0 Å². The third kappa shape index (κ3) is 3.06. The van der Waals surface area contributed by atoms with Crippen molar-refractivity contribution in [2.45, 2.75) is 13.5 Å². The van der Waals surface area contributed by atoms with Crippen LogP contribution in [0.25, 0.3) is 0 Å². The molecule has 0 aliphatic heterocycles. The SMILES string of the molecule is Cc1cc(N(C)Cc2ccsc2)ccc1/C(N)=N/O. The number of benzene rings is 1. The fourth-order valence-corrected chi connectivity index (χ4v) is 2.63. The van der Waals surface area contributed by atoms with Gasteiger partial charge in [-0.25, -0.2) is 0 Å². The summed E-state index contributed by atoms with van der Waals surface area (Å²) < 4.78 is 0. The van der Waals surface area contributed by atoms with Gasteiger partial charge in [0.15, 0.2) is 5.84 Å². The van der Waals surface area contributed by atoms with Crippen molar-refractivity contribution in [3.63, 3.8) is 0 Å². The van der Waals surface area contributed by atoms with Gasteiger partial charge in [-0.15, -0.1) is 0 Å². The Bertz CT molecular complexity index is 578. The van der Waals surface area contributed by atoms with Gasteiger partial charge in [0, 0.05) is 24.8 Å². The zero-order chi connectivity index (χ0) is 13.8. The molecule has 19 heavy (non-hydrogen) atoms. The molecular weight excluding hydrogens is 258 g/mol. The zero-order valence-electron chi connectivity index (χ0n) is 11.0. The minimum absolute atomic E-state index is 0.143. The number of nitrogens with two attached hydrogens (primary N) is 1. The largest absolute Gasteiger partial charge is 0.409 e. The molecule has 1 aromatic heterocycles. The number of amidine groups is 1. The topological polar surface area (TPSA) is 61.8 Å². The van der Waals surface area contributed by atoms with E-state index in [1.807, 2.05) is 25.1 Å². The Balaban J connectivity index is 2.19. The summed E-state index contributed by atoms with van der Waals surface area (Å²) in [6, 6.07) is 8.02. The summed E-state index contributed by atoms with van der Waals surface area (Å²) in [6.45, 7) is 2.82. The standard InChI is InChI=1S/C14H17N3OS/c1-10-7-12(3-4-13(10)14(15)16-18)17(2)8-11-5-6-19-9-11/h3-7,9,18H,8H2,1-2H3,(H2,15,16). The van der Waals surface area contributed by atoms with Crippen LogP contribution in [0.3, 0.4) is 0 Å². The van der Waals surface area contributed by atoms with E-state index in [9.17, 15) is 0 Å². The maximum Gasteiger partial charge on any atom is 0.170 e. The molecule has 5 heteroatoms. The van der Waals surface area contributed by atoms with E-state index in [1.54, 1.807) is 11.3 Å². The van der Waals surface area contributed by atoms with Crippen LogP contribution in [0, 0.1) is 6.92 Å². The van der Waals surface area contributed by atoms with Crippen LogP contribution in [0.15, 0.2) is 40.2 Å². The number of hydrogen-bond acceptors (Lipinski definition) is 4. The predicted molar refractivity (Wildman–Crippen MR) is 80.1 cm³/mol. The van der Waals surface area contributed by atoms with Crippen molar-refractivity contribution in [2.75, 3.05) is 11.9 Å². The molecule has 0 bridgehead atoms. The van der Waals surface area contributed by atoms with Crippen LogP contribution in [0.1, 0.15) is 16.7 Å². The Labute approximate surface area is 116 Å². The van der Waals surface area contributed by atoms with Crippen LogP contribution in [0.4, 0.5) is 5.69 Å². The molecule has 4 nitrogen and oxygen atoms in total. The average Bonchev–Trinajstić information content (AvgIpc) is 2.90. The van der Waals surface area contributed by atoms with E-state index >= 15 is 0 Å². The third-order valence-electron chi connectivity index (χ3n) is 3.03. The van der Waals surface area contributed by atoms with Gasteiger partial charge in [0.05, 0.1) is 0 Å². The minimum Gasteiger partial charge on any atom is -0.409 e. The van der Waals surface area contributed by atoms with Gasteiger partial charge in [-0.3, -0.25) is 0 Å². The molecule has 2 rings (SSSR count). The molecule has 2 aromatic rings. The lowest BCUT2D eigenvalue weighted by Crippen LogP contribution is -2.18. The van der Waals surface area contributed by atoms with Crippen molar-refractivity contribution in [2.24, 2.45) is 10.9 Å². The normalized spacial score (nSPS) is 11.6. The molecule has 0 saturated carbocycles. The molecule has 1 heterocycles. The fourth-order valence-electron chi connectivity index (χ4n) is 1.97. The number of rotatable bonds is 4. The number of oxime groups is 1. The molecule has 1 aromatic carbocycles. The molecular formula is C14H17N3OS. The first-order valence-electron chi connectivity index (χ1n) is 5.92. The van der Waals surface area contributed by atoms with Gasteiger partial charge in [-0.2, -0.15) is 11.3 Å². The van der Waals surface area contributed by atoms with Crippen molar-refractivity contribution >= 4 is 22.9 Å². The van der Waals surface area contributed by atoms with Gasteiger partial charge in [0.1, 0.15) is 0 Å². The van der Waals surface area contributed by atoms with Crippen LogP contribution in [-0.4, -0.2) is 18.1 Å². The monoisotopic (exact) mass is 275 g/mol. The molecule has 0 spiro atoms. The van der Waals surface area contributed by atoms with Crippen molar-refractivity contribution in [1.29, 1.82) is 0 Å². The molecule has 100 valence electrons. The second kappa shape index (κ2) is 5.75. The summed E-state index contributed by atoms with van der Waals surface area (Å²) in [5, 5.41) is 16.0. The summed E-state index contributed by atoms with van der Waals surface area (Å²) in [5.74, 6) is 0.143. The third-order valence-corrected chi connectivity index (χ3v) is 3.77. The van der Waals surface area contributed by atoms with Crippen LogP contribution in [0.2, 0.25) is 0 Å². The van der Waals surface area contributed by atoms with Crippen molar-refractivity contribution in [3.05, 3.63) is 51.7 Å². The minimum atomic E-state index is 0.143. The van der Waals surface area contributed by atoms with E-state index < -0.39 is 0 Å². The highest BCUT2D eigenvalue weighted by Crippen LogP contribution is 2.20. The Morgan fingerprint density at radius 2 is 2.21 bits per heavy atom. The first-order valence-corrected chi connectivity index (χ1v) is 6.87. The molecule has 0 saturated heterocycles. The molecule has 3 N–H and O–H groups in total. The Morgan fingerprint density at radius 3 is 2.79 bits per heavy atom. The van der Waals surface area contributed by atoms with Crippen LogP contribution >= 0.6 is 11.3 Å². The lowest BCUT2D eigenvalue weighted by Gasteiger charge is -2.20. The lowest BCUT2D eigenvalue weighted by atomic mass is 10.1. The summed E-state index contributed by atoms with van der Waals surface area (Å²) in [4.78, 5) is 2.17. The van der Waals surface area contributed by atoms with E-state index in [4.69, 9.17) is 10.9 Å². The van der Waals surface area contributed by atoms with Crippen molar-refractivity contribution in [3.8, 4) is 0 Å². The van der Waals surface area contributed by atoms with Crippen molar-refractivity contribution < 1.29 is 5.21 Å². The van der Waals surface area contributed by atoms with E-state index in [-0.39, 0.29) is 5.84 Å². The van der Waals surface area contributed by atoms with Gasteiger partial charge in [0.25, 0.3) is 0 Å². The van der Waals surface area contributed by atoms with Gasteiger partial charge < -0.3 is 15.8 Å². The summed E-state index contributed by atoms with van der Waals surface area (Å²) in [7, 11) is 2.05. The first-order chi connectivity index (χ1) is 9.11. The highest BCUT2D eigenvalue weighted by molar-refractivity contribution is 7.07. The summed E-state index contributed by atoms with van der Waals surface area (Å²) >= 11 is 1.70. The molecule has 0 aliphatic carbocycles. The number of aryl methyl sites for hydroxylation is 1. The quantitative estimate of drug-likeness (QED) is 0.390. The molecule has 0 amide bonds. The second-order valence-corrected chi connectivity index (χ2v) is 5.25. The first kappa shape index (κ1) is 13.4. The molecule has 0 unspecified atom stereocenters. The van der Waals surface area contributed by atoms with E-state index in [2.05, 4.69) is 33.9 Å². The zero-order valence-corrected chi connectivity index (χ0v) is 11.8. The van der Waals surface area contributed by atoms with E-state index in [0.717, 1.165) is 23.4 Å². The summed E-state index contributed by atoms with van der Waals surface area (Å²) in [5.41, 5.74) is 9.78. The van der Waals surface area contributed by atoms with Crippen molar-refractivity contribution in [1.82, 2.24) is 0 Å². The van der Waals surface area contributed by atoms with Crippen LogP contribution < -0.4 is 10.6 Å². The highest BCUT2D eigenvalue weighted by atomic mass is 32.1. The molecule has 0 radical (unpaired) electrons. The van der Waals surface area contributed by atoms with Gasteiger partial charge in [-0.1, -0.05) is 5.16 Å². The van der Waals surface area contributed by atoms with E-state index in [0.29, 0.717) is 0 Å². The van der Waals surface area contributed by atoms with Gasteiger partial charge in [-0.05, 0) is 53.1 Å². The molecule has 0 aliphatic rings. The number of thiophene rings is 1. The Kier molecular flexibility index (Phi) is 4.06. The highest BCUT2D eigenvalue weighted by Gasteiger charge is 2.07. The van der Waals surface area contributed by atoms with E-state index in [1.165, 1.54) is 5.56 Å². The Morgan fingerprint density at radius 1 is 1.42 bits per heavy atom. The fraction of sp³-hybridized carbons (Fsp3) is 0.214. The molecule has 0 atom stereocenters. The smallest absolute Gasteiger partial charge is 0.170 e. The summed E-state index contributed by atoms with van der Waals surface area (Å²) in [6.07, 6.45) is 0. The second-order valence-electron chi connectivity index (χ2n) is 4.47. The van der Waals surface area contributed by atoms with Crippen LogP contribution in [0.5, 0.6) is 0 Å². The average molecular weight is 275 g/mol. The van der Waals surface area contributed by atoms with Crippen LogP contribution in [-0.2, 0) is 6.54 Å². The molecule has 0 fully saturated rings. The maximum absolute atomic E-state index is 8.72. The Hall–Kier alpha value is -2.01. The predicted octanol–water partition coefficient (Wildman–Crippen LogP) is 2.79. The number of hydrogen-bond donors (Lipinski definition) is 2. The number of nitrogens with zero attached hydrogens (tertiary/aromatic N) is 2. The number of anilines is 1. The maximum atomic E-state index is 8.72. The van der Waals surface area contributed by atoms with Gasteiger partial charge >= 0.3 is 0 Å². The lowest BCUT2D eigenvalue weighted by molar-refractivity contribution is 0.318.